The Morgan fingerprint density at radius 1 is 1.62 bits per heavy atom. The molecule has 0 bridgehead atoms. The number of ether oxygens (including phenoxy) is 1. The summed E-state index contributed by atoms with van der Waals surface area (Å²) >= 11 is 0. The zero-order chi connectivity index (χ0) is 12.1. The molecule has 3 heteroatoms. The highest BCUT2D eigenvalue weighted by molar-refractivity contribution is 5.90. The molecule has 1 heterocycles. The first-order chi connectivity index (χ1) is 7.34. The molecule has 1 saturated heterocycles. The molecule has 90 valence electrons. The molecule has 2 fully saturated rings. The number of epoxide rings is 1. The lowest BCUT2D eigenvalue weighted by molar-refractivity contribution is -0.117. The fraction of sp³-hybridized carbons (Fsp3) is 0.769. The lowest BCUT2D eigenvalue weighted by Crippen LogP contribution is -2.47. The summed E-state index contributed by atoms with van der Waals surface area (Å²) in [6.45, 7) is 9.89. The second-order valence-electron chi connectivity index (χ2n) is 5.77. The van der Waals surface area contributed by atoms with E-state index in [1.54, 1.807) is 0 Å². The van der Waals surface area contributed by atoms with E-state index in [1.807, 2.05) is 0 Å². The van der Waals surface area contributed by atoms with Crippen LogP contribution in [-0.4, -0.2) is 28.7 Å². The van der Waals surface area contributed by atoms with Gasteiger partial charge in [0.25, 0.3) is 0 Å². The van der Waals surface area contributed by atoms with Crippen LogP contribution in [0.3, 0.4) is 0 Å². The van der Waals surface area contributed by atoms with Gasteiger partial charge in [0, 0.05) is 6.42 Å². The molecular weight excluding hydrogens is 204 g/mol. The standard InChI is InChI=1S/C13H20O3/c1-5-9(14)7-13-10(15)6-8(2)12(3,4)11(13)16-13/h5,8,10-11,15H,1,6-7H2,2-4H3. The predicted octanol–water partition coefficient (Wildman–Crippen LogP) is 1.70. The topological polar surface area (TPSA) is 49.8 Å². The van der Waals surface area contributed by atoms with E-state index in [4.69, 9.17) is 4.74 Å². The van der Waals surface area contributed by atoms with Crippen LogP contribution in [0.1, 0.15) is 33.6 Å². The average Bonchev–Trinajstić information content (AvgIpc) is 2.93. The molecule has 1 aliphatic carbocycles. The maximum absolute atomic E-state index is 11.4. The van der Waals surface area contributed by atoms with Crippen molar-refractivity contribution in [3.63, 3.8) is 0 Å². The van der Waals surface area contributed by atoms with Gasteiger partial charge in [-0.25, -0.2) is 0 Å². The van der Waals surface area contributed by atoms with Gasteiger partial charge in [-0.2, -0.15) is 0 Å². The molecule has 16 heavy (non-hydrogen) atoms. The number of carbonyl (C=O) groups is 1. The first kappa shape index (κ1) is 11.8. The fourth-order valence-corrected chi connectivity index (χ4v) is 2.91. The molecule has 0 aromatic heterocycles. The van der Waals surface area contributed by atoms with Crippen LogP contribution in [0.15, 0.2) is 12.7 Å². The zero-order valence-corrected chi connectivity index (χ0v) is 10.2. The summed E-state index contributed by atoms with van der Waals surface area (Å²) in [5.41, 5.74) is -0.595. The van der Waals surface area contributed by atoms with Crippen molar-refractivity contribution < 1.29 is 14.6 Å². The van der Waals surface area contributed by atoms with Crippen LogP contribution in [0.5, 0.6) is 0 Å². The van der Waals surface area contributed by atoms with Gasteiger partial charge in [-0.3, -0.25) is 4.79 Å². The Hall–Kier alpha value is -0.670. The van der Waals surface area contributed by atoms with Crippen molar-refractivity contribution in [2.45, 2.75) is 51.4 Å². The van der Waals surface area contributed by atoms with E-state index in [9.17, 15) is 9.90 Å². The van der Waals surface area contributed by atoms with Crippen molar-refractivity contribution in [2.24, 2.45) is 11.3 Å². The second kappa shape index (κ2) is 3.41. The molecule has 0 radical (unpaired) electrons. The number of fused-ring (bicyclic) bond motifs is 1. The van der Waals surface area contributed by atoms with Crippen LogP contribution in [0.2, 0.25) is 0 Å². The number of hydrogen-bond donors (Lipinski definition) is 1. The van der Waals surface area contributed by atoms with Crippen LogP contribution in [0, 0.1) is 11.3 Å². The van der Waals surface area contributed by atoms with Gasteiger partial charge in [0.15, 0.2) is 5.78 Å². The van der Waals surface area contributed by atoms with E-state index < -0.39 is 11.7 Å². The molecule has 1 saturated carbocycles. The van der Waals surface area contributed by atoms with E-state index in [0.717, 1.165) is 0 Å². The van der Waals surface area contributed by atoms with Gasteiger partial charge in [0.1, 0.15) is 5.60 Å². The summed E-state index contributed by atoms with van der Waals surface area (Å²) in [6, 6.07) is 0. The van der Waals surface area contributed by atoms with E-state index in [0.29, 0.717) is 12.3 Å². The zero-order valence-electron chi connectivity index (χ0n) is 10.2. The molecule has 1 aliphatic heterocycles. The van der Waals surface area contributed by atoms with Gasteiger partial charge in [-0.05, 0) is 23.8 Å². The third kappa shape index (κ3) is 1.45. The number of hydrogen-bond acceptors (Lipinski definition) is 3. The highest BCUT2D eigenvalue weighted by Gasteiger charge is 2.70. The number of ketones is 1. The summed E-state index contributed by atoms with van der Waals surface area (Å²) in [5, 5.41) is 10.1. The van der Waals surface area contributed by atoms with E-state index in [1.165, 1.54) is 6.08 Å². The molecule has 0 aromatic rings. The Labute approximate surface area is 96.5 Å². The van der Waals surface area contributed by atoms with Gasteiger partial charge < -0.3 is 9.84 Å². The Kier molecular flexibility index (Phi) is 2.52. The summed E-state index contributed by atoms with van der Waals surface area (Å²) in [5.74, 6) is 0.355. The van der Waals surface area contributed by atoms with E-state index in [2.05, 4.69) is 27.4 Å². The molecule has 0 spiro atoms. The van der Waals surface area contributed by atoms with Crippen LogP contribution >= 0.6 is 0 Å². The number of aliphatic hydroxyl groups excluding tert-OH is 1. The highest BCUT2D eigenvalue weighted by Crippen LogP contribution is 2.60. The molecule has 0 amide bonds. The maximum Gasteiger partial charge on any atom is 0.158 e. The quantitative estimate of drug-likeness (QED) is 0.586. The molecule has 1 N–H and O–H groups in total. The minimum atomic E-state index is -0.624. The first-order valence-corrected chi connectivity index (χ1v) is 5.85. The van der Waals surface area contributed by atoms with Crippen molar-refractivity contribution in [3.05, 3.63) is 12.7 Å². The monoisotopic (exact) mass is 224 g/mol. The first-order valence-electron chi connectivity index (χ1n) is 5.85. The van der Waals surface area contributed by atoms with Gasteiger partial charge in [0.05, 0.1) is 12.2 Å². The molecule has 4 unspecified atom stereocenters. The largest absolute Gasteiger partial charge is 0.390 e. The minimum absolute atomic E-state index is 0.00245. The predicted molar refractivity (Wildman–Crippen MR) is 61.0 cm³/mol. The minimum Gasteiger partial charge on any atom is -0.390 e. The van der Waals surface area contributed by atoms with Crippen molar-refractivity contribution in [2.75, 3.05) is 0 Å². The third-order valence-corrected chi connectivity index (χ3v) is 4.49. The molecule has 2 rings (SSSR count). The van der Waals surface area contributed by atoms with Crippen LogP contribution in [-0.2, 0) is 9.53 Å². The van der Waals surface area contributed by atoms with Crippen molar-refractivity contribution >= 4 is 5.78 Å². The Morgan fingerprint density at radius 3 is 2.81 bits per heavy atom. The molecule has 4 atom stereocenters. The SMILES string of the molecule is C=CC(=O)CC12OC1C(C)(C)C(C)CC2O. The van der Waals surface area contributed by atoms with Gasteiger partial charge in [-0.1, -0.05) is 27.4 Å². The van der Waals surface area contributed by atoms with E-state index in [-0.39, 0.29) is 23.7 Å². The lowest BCUT2D eigenvalue weighted by Gasteiger charge is -2.39. The van der Waals surface area contributed by atoms with Crippen LogP contribution in [0.4, 0.5) is 0 Å². The van der Waals surface area contributed by atoms with Gasteiger partial charge in [-0.15, -0.1) is 0 Å². The smallest absolute Gasteiger partial charge is 0.158 e. The van der Waals surface area contributed by atoms with Crippen LogP contribution < -0.4 is 0 Å². The maximum atomic E-state index is 11.4. The molecule has 3 nitrogen and oxygen atoms in total. The highest BCUT2D eigenvalue weighted by atomic mass is 16.6. The van der Waals surface area contributed by atoms with Crippen LogP contribution in [0.25, 0.3) is 0 Å². The molecule has 2 aliphatic rings. The molecule has 0 aromatic carbocycles. The number of allylic oxidation sites excluding steroid dienone is 1. The summed E-state index contributed by atoms with van der Waals surface area (Å²) in [7, 11) is 0. The second-order valence-corrected chi connectivity index (χ2v) is 5.77. The average molecular weight is 224 g/mol. The van der Waals surface area contributed by atoms with Crippen molar-refractivity contribution in [1.82, 2.24) is 0 Å². The third-order valence-electron chi connectivity index (χ3n) is 4.49. The van der Waals surface area contributed by atoms with E-state index >= 15 is 0 Å². The summed E-state index contributed by atoms with van der Waals surface area (Å²) in [4.78, 5) is 11.4. The van der Waals surface area contributed by atoms with Gasteiger partial charge in [0.2, 0.25) is 0 Å². The van der Waals surface area contributed by atoms with Crippen molar-refractivity contribution in [1.29, 1.82) is 0 Å². The summed E-state index contributed by atoms with van der Waals surface area (Å²) < 4.78 is 5.72. The number of aliphatic hydroxyl groups is 1. The van der Waals surface area contributed by atoms with Crippen molar-refractivity contribution in [3.8, 4) is 0 Å². The summed E-state index contributed by atoms with van der Waals surface area (Å²) in [6.07, 6.45) is 1.75. The fourth-order valence-electron chi connectivity index (χ4n) is 2.91. The normalized spacial score (nSPS) is 44.6. The Morgan fingerprint density at radius 2 is 2.25 bits per heavy atom. The Bertz CT molecular complexity index is 334. The number of rotatable bonds is 3. The van der Waals surface area contributed by atoms with Gasteiger partial charge >= 0.3 is 0 Å². The molecular formula is C13H20O3. The number of carbonyl (C=O) groups excluding carboxylic acids is 1. The Balaban J connectivity index is 2.20. The lowest BCUT2D eigenvalue weighted by atomic mass is 9.64.